The number of benzene rings is 1. The van der Waals surface area contributed by atoms with E-state index in [0.717, 1.165) is 18.7 Å². The first-order valence-electron chi connectivity index (χ1n) is 5.86. The van der Waals surface area contributed by atoms with Crippen LogP contribution in [0.4, 0.5) is 10.1 Å². The van der Waals surface area contributed by atoms with E-state index < -0.39 is 22.3 Å². The van der Waals surface area contributed by atoms with Crippen LogP contribution in [0.3, 0.4) is 0 Å². The van der Waals surface area contributed by atoms with E-state index in [-0.39, 0.29) is 5.56 Å². The van der Waals surface area contributed by atoms with Gasteiger partial charge in [-0.1, -0.05) is 6.92 Å². The van der Waals surface area contributed by atoms with Crippen LogP contribution in [0.5, 0.6) is 0 Å². The summed E-state index contributed by atoms with van der Waals surface area (Å²) in [6.07, 6.45) is 0. The summed E-state index contributed by atoms with van der Waals surface area (Å²) in [5.74, 6) is -1.46. The van der Waals surface area contributed by atoms with Crippen molar-refractivity contribution in [1.82, 2.24) is 10.2 Å². The zero-order valence-corrected chi connectivity index (χ0v) is 10.9. The first-order chi connectivity index (χ1) is 8.95. The highest BCUT2D eigenvalue weighted by Crippen LogP contribution is 2.17. The number of carbonyl (C=O) groups is 1. The number of nitrogens with one attached hydrogen (secondary N) is 1. The van der Waals surface area contributed by atoms with Gasteiger partial charge in [0, 0.05) is 24.7 Å². The molecule has 1 amide bonds. The average molecular weight is 269 g/mol. The van der Waals surface area contributed by atoms with Crippen LogP contribution in [0.15, 0.2) is 18.2 Å². The van der Waals surface area contributed by atoms with E-state index in [2.05, 4.69) is 5.32 Å². The summed E-state index contributed by atoms with van der Waals surface area (Å²) in [7, 11) is 1.91. The minimum absolute atomic E-state index is 0.0715. The summed E-state index contributed by atoms with van der Waals surface area (Å²) in [5, 5.41) is 13.1. The molecule has 0 bridgehead atoms. The van der Waals surface area contributed by atoms with Gasteiger partial charge < -0.3 is 10.2 Å². The summed E-state index contributed by atoms with van der Waals surface area (Å²) in [6, 6.07) is 3.10. The fourth-order valence-electron chi connectivity index (χ4n) is 1.42. The van der Waals surface area contributed by atoms with Gasteiger partial charge in [-0.05, 0) is 25.7 Å². The molecule has 0 saturated carbocycles. The van der Waals surface area contributed by atoms with Gasteiger partial charge in [-0.15, -0.1) is 0 Å². The van der Waals surface area contributed by atoms with Crippen molar-refractivity contribution in [3.8, 4) is 0 Å². The van der Waals surface area contributed by atoms with Crippen molar-refractivity contribution in [3.63, 3.8) is 0 Å². The largest absolute Gasteiger partial charge is 0.351 e. The van der Waals surface area contributed by atoms with Crippen LogP contribution < -0.4 is 5.32 Å². The average Bonchev–Trinajstić information content (AvgIpc) is 2.37. The second-order valence-corrected chi connectivity index (χ2v) is 4.08. The maximum Gasteiger partial charge on any atom is 0.304 e. The molecule has 0 fully saturated rings. The predicted octanol–water partition coefficient (Wildman–Crippen LogP) is 1.42. The number of carbonyl (C=O) groups excluding carboxylic acids is 1. The third kappa shape index (κ3) is 4.29. The van der Waals surface area contributed by atoms with Gasteiger partial charge in [0.15, 0.2) is 0 Å². The van der Waals surface area contributed by atoms with Crippen molar-refractivity contribution in [1.29, 1.82) is 0 Å². The monoisotopic (exact) mass is 269 g/mol. The molecule has 0 aliphatic heterocycles. The first-order valence-corrected chi connectivity index (χ1v) is 5.86. The van der Waals surface area contributed by atoms with Crippen LogP contribution in [-0.4, -0.2) is 42.4 Å². The number of halogens is 1. The highest BCUT2D eigenvalue weighted by molar-refractivity contribution is 5.94. The molecule has 0 atom stereocenters. The van der Waals surface area contributed by atoms with Gasteiger partial charge in [-0.3, -0.25) is 14.9 Å². The van der Waals surface area contributed by atoms with Crippen LogP contribution in [0.25, 0.3) is 0 Å². The number of nitrogens with zero attached hydrogens (tertiary/aromatic N) is 2. The Hall–Kier alpha value is -2.02. The Kier molecular flexibility index (Phi) is 5.37. The second kappa shape index (κ2) is 6.79. The fraction of sp³-hybridized carbons (Fsp3) is 0.417. The molecule has 1 aromatic carbocycles. The number of nitro groups is 1. The van der Waals surface area contributed by atoms with E-state index in [1.54, 1.807) is 0 Å². The molecule has 0 spiro atoms. The van der Waals surface area contributed by atoms with Crippen molar-refractivity contribution in [2.24, 2.45) is 0 Å². The Bertz CT molecular complexity index is 479. The number of hydrogen-bond acceptors (Lipinski definition) is 4. The number of likely N-dealkylation sites (N-methyl/N-ethyl adjacent to an activating group) is 1. The van der Waals surface area contributed by atoms with Gasteiger partial charge in [0.1, 0.15) is 0 Å². The van der Waals surface area contributed by atoms with E-state index in [4.69, 9.17) is 0 Å². The quantitative estimate of drug-likeness (QED) is 0.626. The van der Waals surface area contributed by atoms with Gasteiger partial charge in [0.25, 0.3) is 5.91 Å². The molecular formula is C12H16FN3O3. The molecule has 6 nitrogen and oxygen atoms in total. The lowest BCUT2D eigenvalue weighted by Gasteiger charge is -2.13. The van der Waals surface area contributed by atoms with E-state index in [0.29, 0.717) is 13.1 Å². The molecule has 0 aliphatic rings. The SMILES string of the molecule is CCN(C)CCNC(=O)c1ccc([N+](=O)[O-])c(F)c1. The number of amides is 1. The Labute approximate surface area is 110 Å². The van der Waals surface area contributed by atoms with Gasteiger partial charge in [-0.25, -0.2) is 0 Å². The van der Waals surface area contributed by atoms with Crippen molar-refractivity contribution < 1.29 is 14.1 Å². The maximum absolute atomic E-state index is 13.3. The smallest absolute Gasteiger partial charge is 0.304 e. The zero-order valence-electron chi connectivity index (χ0n) is 10.9. The number of nitro benzene ring substituents is 1. The highest BCUT2D eigenvalue weighted by Gasteiger charge is 2.16. The molecule has 0 heterocycles. The second-order valence-electron chi connectivity index (χ2n) is 4.08. The third-order valence-electron chi connectivity index (χ3n) is 2.73. The van der Waals surface area contributed by atoms with Crippen LogP contribution in [0.2, 0.25) is 0 Å². The summed E-state index contributed by atoms with van der Waals surface area (Å²) in [5.41, 5.74) is -0.565. The van der Waals surface area contributed by atoms with E-state index in [1.807, 2.05) is 18.9 Å². The molecule has 19 heavy (non-hydrogen) atoms. The third-order valence-corrected chi connectivity index (χ3v) is 2.73. The predicted molar refractivity (Wildman–Crippen MR) is 68.6 cm³/mol. The van der Waals surface area contributed by atoms with Crippen molar-refractivity contribution in [3.05, 3.63) is 39.7 Å². The van der Waals surface area contributed by atoms with Crippen LogP contribution in [0.1, 0.15) is 17.3 Å². The lowest BCUT2D eigenvalue weighted by Crippen LogP contribution is -2.32. The van der Waals surface area contributed by atoms with Crippen molar-refractivity contribution >= 4 is 11.6 Å². The van der Waals surface area contributed by atoms with E-state index in [1.165, 1.54) is 6.07 Å². The molecule has 0 aromatic heterocycles. The minimum atomic E-state index is -1.01. The Morgan fingerprint density at radius 1 is 1.53 bits per heavy atom. The van der Waals surface area contributed by atoms with Crippen LogP contribution >= 0.6 is 0 Å². The lowest BCUT2D eigenvalue weighted by molar-refractivity contribution is -0.387. The summed E-state index contributed by atoms with van der Waals surface area (Å²) < 4.78 is 13.3. The van der Waals surface area contributed by atoms with Crippen LogP contribution in [-0.2, 0) is 0 Å². The summed E-state index contributed by atoms with van der Waals surface area (Å²) in [4.78, 5) is 23.3. The minimum Gasteiger partial charge on any atom is -0.351 e. The molecule has 0 radical (unpaired) electrons. The summed E-state index contributed by atoms with van der Waals surface area (Å²) >= 11 is 0. The van der Waals surface area contributed by atoms with Crippen molar-refractivity contribution in [2.45, 2.75) is 6.92 Å². The molecule has 0 aliphatic carbocycles. The molecule has 1 rings (SSSR count). The topological polar surface area (TPSA) is 75.5 Å². The Balaban J connectivity index is 2.63. The van der Waals surface area contributed by atoms with E-state index in [9.17, 15) is 19.3 Å². The highest BCUT2D eigenvalue weighted by atomic mass is 19.1. The zero-order chi connectivity index (χ0) is 14.4. The normalized spacial score (nSPS) is 10.5. The standard InChI is InChI=1S/C12H16FN3O3/c1-3-15(2)7-6-14-12(17)9-4-5-11(16(18)19)10(13)8-9/h4-5,8H,3,6-7H2,1-2H3,(H,14,17). The molecule has 1 N–H and O–H groups in total. The molecule has 0 saturated heterocycles. The fourth-order valence-corrected chi connectivity index (χ4v) is 1.42. The van der Waals surface area contributed by atoms with Gasteiger partial charge in [0.2, 0.25) is 5.82 Å². The molecule has 104 valence electrons. The van der Waals surface area contributed by atoms with Gasteiger partial charge >= 0.3 is 5.69 Å². The molecule has 0 unspecified atom stereocenters. The molecule has 1 aromatic rings. The lowest BCUT2D eigenvalue weighted by atomic mass is 10.2. The number of hydrogen-bond donors (Lipinski definition) is 1. The molecular weight excluding hydrogens is 253 g/mol. The van der Waals surface area contributed by atoms with Crippen molar-refractivity contribution in [2.75, 3.05) is 26.7 Å². The number of rotatable bonds is 6. The molecule has 7 heteroatoms. The maximum atomic E-state index is 13.3. The summed E-state index contributed by atoms with van der Waals surface area (Å²) in [6.45, 7) is 3.97. The first kappa shape index (κ1) is 15.0. The van der Waals surface area contributed by atoms with Gasteiger partial charge in [0.05, 0.1) is 4.92 Å². The van der Waals surface area contributed by atoms with Gasteiger partial charge in [-0.2, -0.15) is 4.39 Å². The van der Waals surface area contributed by atoms with Crippen LogP contribution in [0, 0.1) is 15.9 Å². The Morgan fingerprint density at radius 2 is 2.21 bits per heavy atom. The van der Waals surface area contributed by atoms with E-state index >= 15 is 0 Å². The Morgan fingerprint density at radius 3 is 2.74 bits per heavy atom.